The maximum Gasteiger partial charge on any atom is 0.313 e. The van der Waals surface area contributed by atoms with E-state index in [-0.39, 0.29) is 24.8 Å². The largest absolute Gasteiger partial charge is 0.455 e. The van der Waals surface area contributed by atoms with Gasteiger partial charge in [0.1, 0.15) is 23.7 Å². The van der Waals surface area contributed by atoms with E-state index < -0.39 is 59.6 Å². The van der Waals surface area contributed by atoms with Gasteiger partial charge in [-0.15, -0.1) is 0 Å². The molecule has 0 bridgehead atoms. The Morgan fingerprint density at radius 1 is 1.07 bits per heavy atom. The van der Waals surface area contributed by atoms with Crippen LogP contribution in [0.2, 0.25) is 0 Å². The van der Waals surface area contributed by atoms with Crippen LogP contribution in [0.3, 0.4) is 0 Å². The van der Waals surface area contributed by atoms with Gasteiger partial charge in [-0.1, -0.05) is 81.3 Å². The molecule has 0 unspecified atom stereocenters. The fraction of sp³-hybridized carbons (Fsp3) is 0.588. The van der Waals surface area contributed by atoms with Gasteiger partial charge in [0.25, 0.3) is 0 Å². The van der Waals surface area contributed by atoms with Crippen LogP contribution in [0.5, 0.6) is 0 Å². The molecule has 10 heteroatoms. The normalized spacial score (nSPS) is 33.7. The Morgan fingerprint density at radius 3 is 2.55 bits per heavy atom. The average molecular weight is 608 g/mol. The number of aliphatic hydroxyl groups excluding tert-OH is 1. The quantitative estimate of drug-likeness (QED) is 0.264. The van der Waals surface area contributed by atoms with Gasteiger partial charge in [0.05, 0.1) is 30.7 Å². The first-order valence-corrected chi connectivity index (χ1v) is 16.1. The number of nitrogens with zero attached hydrogens (tertiary/aromatic N) is 2. The number of rotatable bonds is 8. The van der Waals surface area contributed by atoms with Crippen molar-refractivity contribution in [1.82, 2.24) is 15.1 Å². The Kier molecular flexibility index (Phi) is 9.90. The molecule has 10 nitrogen and oxygen atoms in total. The summed E-state index contributed by atoms with van der Waals surface area (Å²) < 4.78 is 13.0. The van der Waals surface area contributed by atoms with Crippen LogP contribution in [-0.4, -0.2) is 88.1 Å². The van der Waals surface area contributed by atoms with E-state index in [0.717, 1.165) is 19.3 Å². The number of allylic oxidation sites excluding steroid dienone is 1. The smallest absolute Gasteiger partial charge is 0.313 e. The molecule has 0 radical (unpaired) electrons. The van der Waals surface area contributed by atoms with Gasteiger partial charge in [0.2, 0.25) is 17.7 Å². The molecule has 8 atom stereocenters. The summed E-state index contributed by atoms with van der Waals surface area (Å²) in [6.45, 7) is 6.34. The Balaban J connectivity index is 1.59. The summed E-state index contributed by atoms with van der Waals surface area (Å²) >= 11 is 0. The van der Waals surface area contributed by atoms with Crippen molar-refractivity contribution in [3.8, 4) is 0 Å². The highest BCUT2D eigenvalue weighted by atomic mass is 16.6. The topological polar surface area (TPSA) is 125 Å². The summed E-state index contributed by atoms with van der Waals surface area (Å²) in [6, 6.07) is 7.02. The monoisotopic (exact) mass is 607 g/mol. The number of carbonyl (C=O) groups excluding carboxylic acids is 4. The number of ether oxygens (including phenoxy) is 2. The lowest BCUT2D eigenvalue weighted by atomic mass is 9.77. The summed E-state index contributed by atoms with van der Waals surface area (Å²) in [5.74, 6) is -3.51. The molecule has 2 fully saturated rings. The van der Waals surface area contributed by atoms with E-state index in [4.69, 9.17) is 9.47 Å². The minimum atomic E-state index is -1.42. The molecule has 4 aliphatic heterocycles. The van der Waals surface area contributed by atoms with E-state index in [2.05, 4.69) is 12.2 Å². The predicted octanol–water partition coefficient (Wildman–Crippen LogP) is 3.07. The molecule has 44 heavy (non-hydrogen) atoms. The summed E-state index contributed by atoms with van der Waals surface area (Å²) in [4.78, 5) is 59.1. The summed E-state index contributed by atoms with van der Waals surface area (Å²) in [6.07, 6.45) is 9.42. The van der Waals surface area contributed by atoms with Crippen molar-refractivity contribution in [2.45, 2.75) is 95.2 Å². The van der Waals surface area contributed by atoms with E-state index in [1.165, 1.54) is 4.90 Å². The fourth-order valence-corrected chi connectivity index (χ4v) is 7.25. The van der Waals surface area contributed by atoms with Crippen LogP contribution in [0.4, 0.5) is 0 Å². The standard InChI is InChI=1S/C34H45N3O7/c1-4-6-12-19-36-20-13-18-34-28(31(40)37(24(5-2)21-38)30(34)32(36)41)27-25(44-34)16-10-11-17-26(39)35-22(3)29(43-33(27)42)23-14-8-7-9-15-23/h7-10,13-16,18,22,24-25,27-30,38H,4-6,11-12,17,19-21H2,1-3H3,(H,35,39)/b16-10-/t22-,24+,25-,27+,28+,29+,30-,34+/m1/s1. The second kappa shape index (κ2) is 13.6. The summed E-state index contributed by atoms with van der Waals surface area (Å²) in [7, 11) is 0. The van der Waals surface area contributed by atoms with E-state index in [9.17, 15) is 24.3 Å². The Labute approximate surface area is 259 Å². The Hall–Kier alpha value is -3.50. The zero-order valence-electron chi connectivity index (χ0n) is 25.9. The summed E-state index contributed by atoms with van der Waals surface area (Å²) in [5, 5.41) is 13.3. The summed E-state index contributed by atoms with van der Waals surface area (Å²) in [5.41, 5.74) is -0.709. The molecule has 0 saturated carbocycles. The average Bonchev–Trinajstić information content (AvgIpc) is 3.41. The number of hydrogen-bond acceptors (Lipinski definition) is 7. The molecular weight excluding hydrogens is 562 g/mol. The van der Waals surface area contributed by atoms with Crippen LogP contribution in [0.25, 0.3) is 0 Å². The number of carbonyl (C=O) groups is 4. The van der Waals surface area contributed by atoms with Gasteiger partial charge < -0.3 is 29.7 Å². The number of nitrogens with one attached hydrogen (secondary N) is 1. The molecule has 3 amide bonds. The van der Waals surface area contributed by atoms with Crippen LogP contribution in [0.1, 0.15) is 71.0 Å². The van der Waals surface area contributed by atoms with E-state index in [1.54, 1.807) is 30.1 Å². The third-order valence-electron chi connectivity index (χ3n) is 9.47. The van der Waals surface area contributed by atoms with Crippen molar-refractivity contribution in [3.05, 3.63) is 60.2 Å². The molecule has 1 spiro atoms. The second-order valence-corrected chi connectivity index (χ2v) is 12.3. The molecule has 238 valence electrons. The van der Waals surface area contributed by atoms with Crippen LogP contribution >= 0.6 is 0 Å². The fourth-order valence-electron chi connectivity index (χ4n) is 7.25. The molecule has 4 aliphatic rings. The van der Waals surface area contributed by atoms with E-state index >= 15 is 0 Å². The maximum absolute atomic E-state index is 14.5. The SMILES string of the molecule is CCCCCN1CC=C[C@]23O[C@@H]4/C=C\CCC(=O)N[C@H](C)[C@@H](c5ccccc5)OC(=O)[C@@H]4[C@H]2C(=O)N([C@@H](CC)CO)[C@@H]3C1=O. The lowest BCUT2D eigenvalue weighted by molar-refractivity contribution is -0.162. The van der Waals surface area contributed by atoms with Gasteiger partial charge in [0, 0.05) is 19.5 Å². The number of benzene rings is 1. The molecule has 1 aromatic carbocycles. The van der Waals surface area contributed by atoms with Gasteiger partial charge in [-0.3, -0.25) is 19.2 Å². The molecule has 2 saturated heterocycles. The Bertz CT molecular complexity index is 1280. The molecule has 4 heterocycles. The van der Waals surface area contributed by atoms with Crippen molar-refractivity contribution < 1.29 is 33.8 Å². The number of unbranched alkanes of at least 4 members (excludes halogenated alkanes) is 2. The van der Waals surface area contributed by atoms with Gasteiger partial charge in [0.15, 0.2) is 0 Å². The van der Waals surface area contributed by atoms with Crippen molar-refractivity contribution in [2.75, 3.05) is 19.7 Å². The number of likely N-dealkylation sites (tertiary alicyclic amines) is 1. The first kappa shape index (κ1) is 31.9. The lowest BCUT2D eigenvalue weighted by Gasteiger charge is -2.38. The second-order valence-electron chi connectivity index (χ2n) is 12.3. The molecule has 1 aromatic rings. The van der Waals surface area contributed by atoms with Crippen LogP contribution in [-0.2, 0) is 28.7 Å². The van der Waals surface area contributed by atoms with E-state index in [1.807, 2.05) is 43.3 Å². The molecule has 2 N–H and O–H groups in total. The van der Waals surface area contributed by atoms with Gasteiger partial charge in [-0.05, 0) is 31.7 Å². The third kappa shape index (κ3) is 5.81. The van der Waals surface area contributed by atoms with Gasteiger partial charge in [-0.25, -0.2) is 0 Å². The molecular formula is C34H45N3O7. The number of hydrogen-bond donors (Lipinski definition) is 2. The Morgan fingerprint density at radius 2 is 1.84 bits per heavy atom. The lowest BCUT2D eigenvalue weighted by Crippen LogP contribution is -2.58. The highest BCUT2D eigenvalue weighted by molar-refractivity contribution is 5.99. The van der Waals surface area contributed by atoms with Crippen LogP contribution in [0, 0.1) is 11.8 Å². The van der Waals surface area contributed by atoms with Gasteiger partial charge in [-0.2, -0.15) is 0 Å². The van der Waals surface area contributed by atoms with Crippen molar-refractivity contribution >= 4 is 23.7 Å². The third-order valence-corrected chi connectivity index (χ3v) is 9.47. The predicted molar refractivity (Wildman–Crippen MR) is 163 cm³/mol. The zero-order chi connectivity index (χ0) is 31.4. The van der Waals surface area contributed by atoms with Crippen molar-refractivity contribution in [2.24, 2.45) is 11.8 Å². The van der Waals surface area contributed by atoms with Crippen molar-refractivity contribution in [1.29, 1.82) is 0 Å². The number of esters is 1. The van der Waals surface area contributed by atoms with E-state index in [0.29, 0.717) is 31.5 Å². The number of cyclic esters (lactones) is 1. The highest BCUT2D eigenvalue weighted by Gasteiger charge is 2.72. The van der Waals surface area contributed by atoms with Gasteiger partial charge >= 0.3 is 5.97 Å². The number of aliphatic hydroxyl groups is 1. The van der Waals surface area contributed by atoms with Crippen LogP contribution < -0.4 is 5.32 Å². The highest BCUT2D eigenvalue weighted by Crippen LogP contribution is 2.54. The van der Waals surface area contributed by atoms with Crippen molar-refractivity contribution in [3.63, 3.8) is 0 Å². The zero-order valence-corrected chi connectivity index (χ0v) is 25.9. The molecule has 0 aromatic heterocycles. The first-order valence-electron chi connectivity index (χ1n) is 16.1. The number of fused-ring (bicyclic) bond motifs is 2. The molecule has 0 aliphatic carbocycles. The van der Waals surface area contributed by atoms with Crippen LogP contribution in [0.15, 0.2) is 54.6 Å². The minimum Gasteiger partial charge on any atom is -0.455 e. The maximum atomic E-state index is 14.5. The minimum absolute atomic E-state index is 0.167. The first-order chi connectivity index (χ1) is 21.3. The molecule has 5 rings (SSSR count). The number of amides is 3.